The molecule has 0 aliphatic carbocycles. The maximum absolute atomic E-state index is 13.5. The van der Waals surface area contributed by atoms with Crippen LogP contribution in [0.1, 0.15) is 45.4 Å². The van der Waals surface area contributed by atoms with Gasteiger partial charge in [0.1, 0.15) is 12.4 Å². The lowest BCUT2D eigenvalue weighted by atomic mass is 9.88. The summed E-state index contributed by atoms with van der Waals surface area (Å²) in [6.07, 6.45) is 2.63. The van der Waals surface area contributed by atoms with Gasteiger partial charge in [0, 0.05) is 57.0 Å². The van der Waals surface area contributed by atoms with E-state index in [1.165, 1.54) is 0 Å². The lowest BCUT2D eigenvalue weighted by molar-refractivity contribution is -0.130. The Hall–Kier alpha value is -4.35. The maximum atomic E-state index is 13.5. The van der Waals surface area contributed by atoms with Crippen molar-refractivity contribution in [2.45, 2.75) is 32.6 Å². The molecule has 0 spiro atoms. The van der Waals surface area contributed by atoms with Gasteiger partial charge in [-0.3, -0.25) is 19.1 Å². The van der Waals surface area contributed by atoms with Gasteiger partial charge in [-0.2, -0.15) is 5.10 Å². The highest BCUT2D eigenvalue weighted by Gasteiger charge is 2.40. The number of carbonyl (C=O) groups is 3. The molecule has 12 nitrogen and oxygen atoms in total. The van der Waals surface area contributed by atoms with Crippen LogP contribution in [0, 0.1) is 19.8 Å². The molecule has 41 heavy (non-hydrogen) atoms. The van der Waals surface area contributed by atoms with E-state index in [4.69, 9.17) is 14.0 Å². The number of amides is 3. The summed E-state index contributed by atoms with van der Waals surface area (Å²) in [7, 11) is 3.40. The third kappa shape index (κ3) is 6.21. The first-order valence-corrected chi connectivity index (χ1v) is 13.8. The molecule has 0 saturated carbocycles. The molecule has 0 radical (unpaired) electrons. The molecule has 0 unspecified atom stereocenters. The Morgan fingerprint density at radius 1 is 1.12 bits per heavy atom. The Labute approximate surface area is 238 Å². The van der Waals surface area contributed by atoms with E-state index in [-0.39, 0.29) is 42.4 Å². The summed E-state index contributed by atoms with van der Waals surface area (Å²) in [5, 5.41) is 11.3. The monoisotopic (exact) mass is 564 g/mol. The zero-order valence-corrected chi connectivity index (χ0v) is 23.9. The number of carbonyl (C=O) groups excluding carboxylic acids is 3. The summed E-state index contributed by atoms with van der Waals surface area (Å²) in [6, 6.07) is 7.22. The molecule has 3 aromatic rings. The van der Waals surface area contributed by atoms with Crippen molar-refractivity contribution in [3.8, 4) is 11.5 Å². The summed E-state index contributed by atoms with van der Waals surface area (Å²) in [5.41, 5.74) is 2.81. The van der Waals surface area contributed by atoms with Crippen molar-refractivity contribution >= 4 is 17.7 Å². The highest BCUT2D eigenvalue weighted by molar-refractivity contribution is 5.92. The molecule has 3 amide bonds. The van der Waals surface area contributed by atoms with E-state index >= 15 is 0 Å². The number of likely N-dealkylation sites (tertiary alicyclic amines) is 1. The molecule has 12 heteroatoms. The Balaban J connectivity index is 1.38. The van der Waals surface area contributed by atoms with Gasteiger partial charge in [-0.25, -0.2) is 0 Å². The summed E-state index contributed by atoms with van der Waals surface area (Å²) in [4.78, 5) is 43.4. The zero-order chi connectivity index (χ0) is 29.1. The summed E-state index contributed by atoms with van der Waals surface area (Å²) in [5.74, 6) is 0.539. The van der Waals surface area contributed by atoms with Crippen LogP contribution in [0.15, 0.2) is 35.0 Å². The standard InChI is InChI=1S/C29H36N6O6/c1-18-12-24(32-41-18)29(38)34-9-5-8-30-28(37)23-17-35(27(36)14-21-15-33(3)31-19(21)2)16-22(23)20-6-7-25(39-4)26(13-20)40-11-10-34/h6-7,12-13,15,22-23H,5,8-11,14,16-17H2,1-4H3,(H,30,37)/t22-,23+/m1/s1. The lowest BCUT2D eigenvalue weighted by Crippen LogP contribution is -2.39. The van der Waals surface area contributed by atoms with Crippen LogP contribution in [0.25, 0.3) is 0 Å². The van der Waals surface area contributed by atoms with E-state index in [1.54, 1.807) is 34.6 Å². The Kier molecular flexibility index (Phi) is 8.27. The van der Waals surface area contributed by atoms with Gasteiger partial charge in [0.05, 0.1) is 31.7 Å². The lowest BCUT2D eigenvalue weighted by Gasteiger charge is -2.24. The average Bonchev–Trinajstić information content (AvgIpc) is 3.67. The number of nitrogens with zero attached hydrogens (tertiary/aromatic N) is 5. The molecule has 2 aliphatic heterocycles. The van der Waals surface area contributed by atoms with Crippen molar-refractivity contribution in [3.63, 3.8) is 0 Å². The Bertz CT molecular complexity index is 1430. The minimum Gasteiger partial charge on any atom is -0.493 e. The fraction of sp³-hybridized carbons (Fsp3) is 0.483. The second kappa shape index (κ2) is 12.0. The van der Waals surface area contributed by atoms with Gasteiger partial charge in [-0.1, -0.05) is 11.2 Å². The van der Waals surface area contributed by atoms with Gasteiger partial charge in [0.15, 0.2) is 17.2 Å². The van der Waals surface area contributed by atoms with Crippen molar-refractivity contribution in [1.29, 1.82) is 0 Å². The van der Waals surface area contributed by atoms with Crippen molar-refractivity contribution in [3.05, 3.63) is 58.7 Å². The number of benzene rings is 1. The van der Waals surface area contributed by atoms with E-state index in [0.717, 1.165) is 16.8 Å². The third-order valence-electron chi connectivity index (χ3n) is 7.74. The SMILES string of the molecule is COc1ccc2cc1OCCN(C(=O)c1cc(C)on1)CCCNC(=O)[C@H]1CN(C(=O)Cc3cn(C)nc3C)C[C@H]21. The molecule has 2 aromatic heterocycles. The van der Waals surface area contributed by atoms with E-state index in [0.29, 0.717) is 56.4 Å². The van der Waals surface area contributed by atoms with E-state index < -0.39 is 5.92 Å². The van der Waals surface area contributed by atoms with Gasteiger partial charge in [-0.05, 0) is 38.0 Å². The second-order valence-corrected chi connectivity index (χ2v) is 10.6. The topological polar surface area (TPSA) is 132 Å². The fourth-order valence-corrected chi connectivity index (χ4v) is 5.57. The predicted octanol–water partition coefficient (Wildman–Crippen LogP) is 1.86. The molecular formula is C29H36N6O6. The van der Waals surface area contributed by atoms with Gasteiger partial charge in [-0.15, -0.1) is 0 Å². The third-order valence-corrected chi connectivity index (χ3v) is 7.74. The predicted molar refractivity (Wildman–Crippen MR) is 148 cm³/mol. The average molecular weight is 565 g/mol. The first-order valence-electron chi connectivity index (χ1n) is 13.8. The molecule has 1 N–H and O–H groups in total. The molecule has 2 aliphatic rings. The van der Waals surface area contributed by atoms with Crippen LogP contribution in [0.4, 0.5) is 0 Å². The zero-order valence-electron chi connectivity index (χ0n) is 23.9. The fourth-order valence-electron chi connectivity index (χ4n) is 5.57. The molecule has 1 fully saturated rings. The van der Waals surface area contributed by atoms with Crippen LogP contribution in [0.2, 0.25) is 0 Å². The molecule has 2 atom stereocenters. The first-order chi connectivity index (χ1) is 19.7. The maximum Gasteiger partial charge on any atom is 0.276 e. The first kappa shape index (κ1) is 28.2. The minimum absolute atomic E-state index is 0.0402. The van der Waals surface area contributed by atoms with Crippen LogP contribution in [0.3, 0.4) is 0 Å². The molecule has 5 rings (SSSR count). The highest BCUT2D eigenvalue weighted by atomic mass is 16.5. The number of aryl methyl sites for hydroxylation is 3. The number of aromatic nitrogens is 3. The van der Waals surface area contributed by atoms with Gasteiger partial charge in [0.2, 0.25) is 11.8 Å². The quantitative estimate of drug-likeness (QED) is 0.508. The van der Waals surface area contributed by atoms with Crippen LogP contribution in [-0.4, -0.2) is 88.9 Å². The van der Waals surface area contributed by atoms with Crippen molar-refractivity contribution < 1.29 is 28.4 Å². The number of rotatable bonds is 4. The van der Waals surface area contributed by atoms with Crippen LogP contribution in [-0.2, 0) is 23.1 Å². The minimum atomic E-state index is -0.436. The summed E-state index contributed by atoms with van der Waals surface area (Å²) >= 11 is 0. The number of fused-ring (bicyclic) bond motifs is 4. The molecular weight excluding hydrogens is 528 g/mol. The molecule has 1 saturated heterocycles. The van der Waals surface area contributed by atoms with E-state index in [1.807, 2.05) is 38.4 Å². The van der Waals surface area contributed by atoms with Crippen molar-refractivity contribution in [2.75, 3.05) is 46.4 Å². The Morgan fingerprint density at radius 3 is 2.63 bits per heavy atom. The molecule has 218 valence electrons. The van der Waals surface area contributed by atoms with E-state index in [2.05, 4.69) is 15.6 Å². The second-order valence-electron chi connectivity index (χ2n) is 10.6. The normalized spacial score (nSPS) is 19.7. The number of hydrogen-bond donors (Lipinski definition) is 1. The largest absolute Gasteiger partial charge is 0.493 e. The number of hydrogen-bond acceptors (Lipinski definition) is 8. The molecule has 2 bridgehead atoms. The summed E-state index contributed by atoms with van der Waals surface area (Å²) in [6.45, 7) is 5.68. The van der Waals surface area contributed by atoms with E-state index in [9.17, 15) is 14.4 Å². The van der Waals surface area contributed by atoms with Gasteiger partial charge < -0.3 is 29.1 Å². The molecule has 1 aromatic carbocycles. The van der Waals surface area contributed by atoms with Crippen LogP contribution >= 0.6 is 0 Å². The molecule has 4 heterocycles. The van der Waals surface area contributed by atoms with Crippen LogP contribution in [0.5, 0.6) is 11.5 Å². The summed E-state index contributed by atoms with van der Waals surface area (Å²) < 4.78 is 18.4. The Morgan fingerprint density at radius 2 is 1.93 bits per heavy atom. The van der Waals surface area contributed by atoms with Crippen molar-refractivity contribution in [2.24, 2.45) is 13.0 Å². The highest BCUT2D eigenvalue weighted by Crippen LogP contribution is 2.38. The smallest absolute Gasteiger partial charge is 0.276 e. The van der Waals surface area contributed by atoms with Gasteiger partial charge in [0.25, 0.3) is 5.91 Å². The number of nitrogens with one attached hydrogen (secondary N) is 1. The number of methoxy groups -OCH3 is 1. The number of ether oxygens (including phenoxy) is 2. The van der Waals surface area contributed by atoms with Crippen LogP contribution < -0.4 is 14.8 Å². The van der Waals surface area contributed by atoms with Gasteiger partial charge >= 0.3 is 0 Å². The van der Waals surface area contributed by atoms with Crippen molar-refractivity contribution in [1.82, 2.24) is 30.1 Å².